The number of hydrogen-bond acceptors (Lipinski definition) is 5. The molecule has 0 saturated carbocycles. The molecular weight excluding hydrogens is 366 g/mol. The van der Waals surface area contributed by atoms with E-state index < -0.39 is 0 Å². The van der Waals surface area contributed by atoms with Crippen molar-refractivity contribution in [2.45, 2.75) is 38.8 Å². The molecule has 1 atom stereocenters. The van der Waals surface area contributed by atoms with Gasteiger partial charge in [0.1, 0.15) is 18.3 Å². The number of rotatable bonds is 5. The first-order valence-corrected chi connectivity index (χ1v) is 10.4. The molecule has 0 radical (unpaired) electrons. The fourth-order valence-electron chi connectivity index (χ4n) is 4.41. The van der Waals surface area contributed by atoms with E-state index in [9.17, 15) is 4.79 Å². The number of ether oxygens (including phenoxy) is 2. The van der Waals surface area contributed by atoms with Crippen molar-refractivity contribution in [3.05, 3.63) is 69.6 Å². The Labute approximate surface area is 169 Å². The highest BCUT2D eigenvalue weighted by molar-refractivity contribution is 5.82. The summed E-state index contributed by atoms with van der Waals surface area (Å²) < 4.78 is 17.5. The summed E-state index contributed by atoms with van der Waals surface area (Å²) in [4.78, 5) is 14.5. The van der Waals surface area contributed by atoms with Crippen LogP contribution in [0.25, 0.3) is 11.0 Å². The quantitative estimate of drug-likeness (QED) is 0.617. The van der Waals surface area contributed by atoms with Crippen LogP contribution in [-0.2, 0) is 19.4 Å². The standard InChI is InChI=1S/C24H25NO4/c1-2-25(14-19-15-27-21-8-3-4-9-22(21)28-19)13-18-12-24(26)29-23-11-17-7-5-6-16(17)10-20(18)23/h3-4,8-12,19H,2,5-7,13-15H2,1H3. The number of likely N-dealkylation sites (N-methyl/N-ethyl adjacent to an activating group) is 1. The van der Waals surface area contributed by atoms with Crippen LogP contribution in [0.5, 0.6) is 11.5 Å². The van der Waals surface area contributed by atoms with Crippen molar-refractivity contribution in [3.8, 4) is 11.5 Å². The number of benzene rings is 2. The SMILES string of the molecule is CCN(Cc1cc(=O)oc2cc3c(cc12)CCC3)CC1COc2ccccc2O1. The van der Waals surface area contributed by atoms with Gasteiger partial charge in [-0.05, 0) is 66.8 Å². The van der Waals surface area contributed by atoms with Gasteiger partial charge in [-0.3, -0.25) is 4.90 Å². The molecule has 5 nitrogen and oxygen atoms in total. The van der Waals surface area contributed by atoms with Crippen LogP contribution in [0.3, 0.4) is 0 Å². The Kier molecular flexibility index (Phi) is 4.76. The molecule has 3 aromatic rings. The van der Waals surface area contributed by atoms with Crippen LogP contribution in [0.15, 0.2) is 51.7 Å². The van der Waals surface area contributed by atoms with Crippen LogP contribution >= 0.6 is 0 Å². The lowest BCUT2D eigenvalue weighted by atomic mass is 10.0. The molecule has 0 spiro atoms. The highest BCUT2D eigenvalue weighted by Crippen LogP contribution is 2.32. The van der Waals surface area contributed by atoms with E-state index in [-0.39, 0.29) is 11.7 Å². The molecule has 5 rings (SSSR count). The van der Waals surface area contributed by atoms with Gasteiger partial charge in [0.05, 0.1) is 0 Å². The van der Waals surface area contributed by atoms with E-state index in [2.05, 4.69) is 24.0 Å². The molecule has 2 aliphatic rings. The van der Waals surface area contributed by atoms with E-state index in [1.165, 1.54) is 17.5 Å². The molecule has 150 valence electrons. The molecule has 0 bridgehead atoms. The lowest BCUT2D eigenvalue weighted by Crippen LogP contribution is -2.40. The zero-order valence-corrected chi connectivity index (χ0v) is 16.6. The summed E-state index contributed by atoms with van der Waals surface area (Å²) in [6.45, 7) is 4.92. The zero-order chi connectivity index (χ0) is 19.8. The molecular formula is C24H25NO4. The first kappa shape index (κ1) is 18.3. The van der Waals surface area contributed by atoms with E-state index >= 15 is 0 Å². The van der Waals surface area contributed by atoms with E-state index in [1.807, 2.05) is 24.3 Å². The molecule has 1 aromatic heterocycles. The first-order valence-electron chi connectivity index (χ1n) is 10.4. The molecule has 0 fully saturated rings. The summed E-state index contributed by atoms with van der Waals surface area (Å²) in [6, 6.07) is 13.7. The van der Waals surface area contributed by atoms with Crippen molar-refractivity contribution in [1.82, 2.24) is 4.90 Å². The summed E-state index contributed by atoms with van der Waals surface area (Å²) in [5.41, 5.74) is 4.14. The van der Waals surface area contributed by atoms with Crippen LogP contribution in [0, 0.1) is 0 Å². The zero-order valence-electron chi connectivity index (χ0n) is 16.6. The van der Waals surface area contributed by atoms with Crippen LogP contribution in [-0.4, -0.2) is 30.7 Å². The Morgan fingerprint density at radius 1 is 1.07 bits per heavy atom. The molecule has 5 heteroatoms. The van der Waals surface area contributed by atoms with Crippen LogP contribution in [0.2, 0.25) is 0 Å². The van der Waals surface area contributed by atoms with E-state index in [4.69, 9.17) is 13.9 Å². The summed E-state index contributed by atoms with van der Waals surface area (Å²) >= 11 is 0. The Bertz CT molecular complexity index is 1100. The number of nitrogens with zero attached hydrogens (tertiary/aromatic N) is 1. The van der Waals surface area contributed by atoms with Crippen molar-refractivity contribution in [1.29, 1.82) is 0 Å². The smallest absolute Gasteiger partial charge is 0.336 e. The highest BCUT2D eigenvalue weighted by atomic mass is 16.6. The molecule has 29 heavy (non-hydrogen) atoms. The third-order valence-corrected chi connectivity index (χ3v) is 5.91. The van der Waals surface area contributed by atoms with Gasteiger partial charge in [0, 0.05) is 24.5 Å². The fourth-order valence-corrected chi connectivity index (χ4v) is 4.41. The number of aryl methyl sites for hydroxylation is 2. The largest absolute Gasteiger partial charge is 0.486 e. The number of fused-ring (bicyclic) bond motifs is 3. The predicted octanol–water partition coefficient (Wildman–Crippen LogP) is 3.94. The fraction of sp³-hybridized carbons (Fsp3) is 0.375. The van der Waals surface area contributed by atoms with Gasteiger partial charge < -0.3 is 13.9 Å². The minimum Gasteiger partial charge on any atom is -0.486 e. The molecule has 2 aromatic carbocycles. The van der Waals surface area contributed by atoms with Gasteiger partial charge in [-0.2, -0.15) is 0 Å². The van der Waals surface area contributed by atoms with Gasteiger partial charge in [0.15, 0.2) is 11.5 Å². The van der Waals surface area contributed by atoms with Crippen molar-refractivity contribution >= 4 is 11.0 Å². The second-order valence-corrected chi connectivity index (χ2v) is 7.89. The maximum Gasteiger partial charge on any atom is 0.336 e. The Morgan fingerprint density at radius 3 is 2.69 bits per heavy atom. The molecule has 0 N–H and O–H groups in total. The number of hydrogen-bond donors (Lipinski definition) is 0. The van der Waals surface area contributed by atoms with E-state index in [1.54, 1.807) is 6.07 Å². The minimum absolute atomic E-state index is 0.0412. The Morgan fingerprint density at radius 2 is 1.86 bits per heavy atom. The molecule has 1 aliphatic carbocycles. The summed E-state index contributed by atoms with van der Waals surface area (Å²) in [6.07, 6.45) is 3.31. The van der Waals surface area contributed by atoms with E-state index in [0.717, 1.165) is 48.4 Å². The molecule has 0 saturated heterocycles. The summed E-state index contributed by atoms with van der Waals surface area (Å²) in [7, 11) is 0. The predicted molar refractivity (Wildman–Crippen MR) is 112 cm³/mol. The van der Waals surface area contributed by atoms with Gasteiger partial charge >= 0.3 is 5.63 Å². The van der Waals surface area contributed by atoms with Gasteiger partial charge in [-0.1, -0.05) is 19.1 Å². The summed E-state index contributed by atoms with van der Waals surface area (Å²) in [5, 5.41) is 1.05. The lowest BCUT2D eigenvalue weighted by molar-refractivity contribution is 0.0581. The molecule has 1 aliphatic heterocycles. The molecule has 1 unspecified atom stereocenters. The lowest BCUT2D eigenvalue weighted by Gasteiger charge is -2.31. The van der Waals surface area contributed by atoms with Gasteiger partial charge in [-0.25, -0.2) is 4.79 Å². The Balaban J connectivity index is 1.38. The van der Waals surface area contributed by atoms with E-state index in [0.29, 0.717) is 18.7 Å². The van der Waals surface area contributed by atoms with Gasteiger partial charge in [0.2, 0.25) is 0 Å². The average Bonchev–Trinajstić information content (AvgIpc) is 3.19. The van der Waals surface area contributed by atoms with Crippen LogP contribution < -0.4 is 15.1 Å². The van der Waals surface area contributed by atoms with Gasteiger partial charge in [-0.15, -0.1) is 0 Å². The van der Waals surface area contributed by atoms with Crippen LogP contribution in [0.4, 0.5) is 0 Å². The van der Waals surface area contributed by atoms with Crippen molar-refractivity contribution in [2.24, 2.45) is 0 Å². The minimum atomic E-state index is -0.285. The third kappa shape index (κ3) is 3.62. The monoisotopic (exact) mass is 391 g/mol. The average molecular weight is 391 g/mol. The topological polar surface area (TPSA) is 51.9 Å². The molecule has 2 heterocycles. The number of para-hydroxylation sites is 2. The van der Waals surface area contributed by atoms with Crippen molar-refractivity contribution < 1.29 is 13.9 Å². The normalized spacial score (nSPS) is 17.7. The second kappa shape index (κ2) is 7.56. The maximum absolute atomic E-state index is 12.2. The van der Waals surface area contributed by atoms with Crippen molar-refractivity contribution in [2.75, 3.05) is 19.7 Å². The maximum atomic E-state index is 12.2. The highest BCUT2D eigenvalue weighted by Gasteiger charge is 2.23. The van der Waals surface area contributed by atoms with Crippen molar-refractivity contribution in [3.63, 3.8) is 0 Å². The van der Waals surface area contributed by atoms with Crippen LogP contribution in [0.1, 0.15) is 30.0 Å². The van der Waals surface area contributed by atoms with Gasteiger partial charge in [0.25, 0.3) is 0 Å². The first-order chi connectivity index (χ1) is 14.2. The Hall–Kier alpha value is -2.79. The molecule has 0 amide bonds. The second-order valence-electron chi connectivity index (χ2n) is 7.89. The summed E-state index contributed by atoms with van der Waals surface area (Å²) in [5.74, 6) is 1.59. The third-order valence-electron chi connectivity index (χ3n) is 5.91.